The number of benzene rings is 1. The normalized spacial score (nSPS) is 31.3. The Labute approximate surface area is 138 Å². The molecular weight excluding hydrogens is 301 g/mol. The van der Waals surface area contributed by atoms with Crippen molar-refractivity contribution < 1.29 is 0 Å². The molecule has 21 heavy (non-hydrogen) atoms. The highest BCUT2D eigenvalue weighted by Gasteiger charge is 2.53. The predicted molar refractivity (Wildman–Crippen MR) is 91.2 cm³/mol. The van der Waals surface area contributed by atoms with E-state index >= 15 is 0 Å². The third-order valence-corrected chi connectivity index (χ3v) is 5.91. The van der Waals surface area contributed by atoms with Gasteiger partial charge in [0.15, 0.2) is 0 Å². The lowest BCUT2D eigenvalue weighted by Gasteiger charge is -2.35. The van der Waals surface area contributed by atoms with Crippen molar-refractivity contribution in [2.75, 3.05) is 6.54 Å². The Balaban J connectivity index is 1.78. The molecular formula is C18H25Cl2N. The number of nitrogens with one attached hydrogen (secondary N) is 1. The molecule has 0 aliphatic heterocycles. The maximum Gasteiger partial charge on any atom is 0.0624 e. The molecule has 1 N–H and O–H groups in total. The quantitative estimate of drug-likeness (QED) is 0.787. The first kappa shape index (κ1) is 15.6. The molecule has 0 amide bonds. The monoisotopic (exact) mass is 325 g/mol. The van der Waals surface area contributed by atoms with Crippen LogP contribution in [-0.2, 0) is 6.42 Å². The van der Waals surface area contributed by atoms with Crippen LogP contribution in [0.15, 0.2) is 18.2 Å². The molecule has 116 valence electrons. The SMILES string of the molecule is CC(C)(C)NCC1(Cc2cccc(Cl)c2Cl)CC2CC2C1. The van der Waals surface area contributed by atoms with Crippen molar-refractivity contribution in [2.45, 2.75) is 52.0 Å². The number of hydrogen-bond acceptors (Lipinski definition) is 1. The molecule has 1 nitrogen and oxygen atoms in total. The van der Waals surface area contributed by atoms with E-state index in [-0.39, 0.29) is 5.54 Å². The van der Waals surface area contributed by atoms with Crippen LogP contribution in [0.2, 0.25) is 10.0 Å². The first-order valence-electron chi connectivity index (χ1n) is 7.96. The molecule has 2 fully saturated rings. The summed E-state index contributed by atoms with van der Waals surface area (Å²) in [5.74, 6) is 1.93. The summed E-state index contributed by atoms with van der Waals surface area (Å²) in [5.41, 5.74) is 1.73. The van der Waals surface area contributed by atoms with E-state index in [1.54, 1.807) is 0 Å². The minimum atomic E-state index is 0.165. The molecule has 0 saturated heterocycles. The standard InChI is InChI=1S/C18H25Cl2N/c1-17(2,3)21-11-18(9-13-7-14(13)10-18)8-12-5-4-6-15(19)16(12)20/h4-6,13-14,21H,7-11H2,1-3H3. The zero-order valence-electron chi connectivity index (χ0n) is 13.2. The second-order valence-electron chi connectivity index (χ2n) is 8.16. The number of halogens is 2. The Kier molecular flexibility index (Phi) is 4.05. The van der Waals surface area contributed by atoms with Crippen LogP contribution in [0.1, 0.15) is 45.6 Å². The average Bonchev–Trinajstić information content (AvgIpc) is 3.01. The van der Waals surface area contributed by atoms with E-state index in [2.05, 4.69) is 32.2 Å². The van der Waals surface area contributed by atoms with Crippen molar-refractivity contribution in [3.05, 3.63) is 33.8 Å². The van der Waals surface area contributed by atoms with Gasteiger partial charge in [-0.2, -0.15) is 0 Å². The fraction of sp³-hybridized carbons (Fsp3) is 0.667. The van der Waals surface area contributed by atoms with Gasteiger partial charge in [0.2, 0.25) is 0 Å². The molecule has 0 bridgehead atoms. The van der Waals surface area contributed by atoms with Crippen molar-refractivity contribution in [1.82, 2.24) is 5.32 Å². The van der Waals surface area contributed by atoms with Crippen LogP contribution in [0.3, 0.4) is 0 Å². The van der Waals surface area contributed by atoms with E-state index in [0.29, 0.717) is 10.4 Å². The van der Waals surface area contributed by atoms with Crippen LogP contribution < -0.4 is 5.32 Å². The van der Waals surface area contributed by atoms with E-state index < -0.39 is 0 Å². The maximum absolute atomic E-state index is 6.42. The number of rotatable bonds is 4. The van der Waals surface area contributed by atoms with E-state index in [9.17, 15) is 0 Å². The minimum absolute atomic E-state index is 0.165. The van der Waals surface area contributed by atoms with Gasteiger partial charge in [-0.25, -0.2) is 0 Å². The van der Waals surface area contributed by atoms with E-state index in [1.165, 1.54) is 24.8 Å². The summed E-state index contributed by atoms with van der Waals surface area (Å²) >= 11 is 12.6. The van der Waals surface area contributed by atoms with Crippen molar-refractivity contribution >= 4 is 23.2 Å². The number of hydrogen-bond donors (Lipinski definition) is 1. The molecule has 0 heterocycles. The van der Waals surface area contributed by atoms with Crippen LogP contribution in [0.25, 0.3) is 0 Å². The van der Waals surface area contributed by atoms with Gasteiger partial charge >= 0.3 is 0 Å². The van der Waals surface area contributed by atoms with Crippen LogP contribution in [0.5, 0.6) is 0 Å². The third-order valence-electron chi connectivity index (χ3n) is 5.05. The van der Waals surface area contributed by atoms with E-state index in [1.807, 2.05) is 12.1 Å². The minimum Gasteiger partial charge on any atom is -0.312 e. The van der Waals surface area contributed by atoms with E-state index in [4.69, 9.17) is 23.2 Å². The summed E-state index contributed by atoms with van der Waals surface area (Å²) < 4.78 is 0. The van der Waals surface area contributed by atoms with Crippen molar-refractivity contribution in [3.63, 3.8) is 0 Å². The van der Waals surface area contributed by atoms with Gasteiger partial charge in [0.1, 0.15) is 0 Å². The lowest BCUT2D eigenvalue weighted by Crippen LogP contribution is -2.44. The molecule has 2 atom stereocenters. The maximum atomic E-state index is 6.42. The molecule has 0 radical (unpaired) electrons. The second kappa shape index (κ2) is 5.44. The van der Waals surface area contributed by atoms with Crippen LogP contribution >= 0.6 is 23.2 Å². The Hall–Kier alpha value is -0.240. The molecule has 2 aliphatic rings. The van der Waals surface area contributed by atoms with Crippen LogP contribution in [0, 0.1) is 17.3 Å². The zero-order valence-corrected chi connectivity index (χ0v) is 14.7. The Morgan fingerprint density at radius 1 is 1.19 bits per heavy atom. The predicted octanol–water partition coefficient (Wildman–Crippen LogP) is 5.34. The fourth-order valence-corrected chi connectivity index (χ4v) is 4.29. The molecule has 2 aliphatic carbocycles. The zero-order chi connectivity index (χ0) is 15.3. The van der Waals surface area contributed by atoms with E-state index in [0.717, 1.165) is 29.8 Å². The first-order valence-corrected chi connectivity index (χ1v) is 8.72. The molecule has 1 aromatic carbocycles. The van der Waals surface area contributed by atoms with Crippen LogP contribution in [-0.4, -0.2) is 12.1 Å². The number of fused-ring (bicyclic) bond motifs is 1. The van der Waals surface area contributed by atoms with Crippen LogP contribution in [0.4, 0.5) is 0 Å². The van der Waals surface area contributed by atoms with Gasteiger partial charge in [0.05, 0.1) is 10.0 Å². The molecule has 2 unspecified atom stereocenters. The average molecular weight is 326 g/mol. The summed E-state index contributed by atoms with van der Waals surface area (Å²) in [5, 5.41) is 5.15. The molecule has 0 aromatic heterocycles. The van der Waals surface area contributed by atoms with Gasteiger partial charge in [-0.05, 0) is 75.3 Å². The highest BCUT2D eigenvalue weighted by molar-refractivity contribution is 6.42. The molecule has 3 rings (SSSR count). The van der Waals surface area contributed by atoms with Crippen molar-refractivity contribution in [2.24, 2.45) is 17.3 Å². The van der Waals surface area contributed by atoms with Crippen molar-refractivity contribution in [3.8, 4) is 0 Å². The van der Waals surface area contributed by atoms with Crippen molar-refractivity contribution in [1.29, 1.82) is 0 Å². The van der Waals surface area contributed by atoms with Gasteiger partial charge in [-0.3, -0.25) is 0 Å². The summed E-state index contributed by atoms with van der Waals surface area (Å²) in [6.45, 7) is 7.79. The Morgan fingerprint density at radius 2 is 1.86 bits per heavy atom. The topological polar surface area (TPSA) is 12.0 Å². The van der Waals surface area contributed by atoms with Gasteiger partial charge in [-0.1, -0.05) is 35.3 Å². The van der Waals surface area contributed by atoms with Gasteiger partial charge in [-0.15, -0.1) is 0 Å². The summed E-state index contributed by atoms with van der Waals surface area (Å²) in [7, 11) is 0. The molecule has 2 saturated carbocycles. The third kappa shape index (κ3) is 3.57. The molecule has 0 spiro atoms. The van der Waals surface area contributed by atoms with Gasteiger partial charge < -0.3 is 5.32 Å². The second-order valence-corrected chi connectivity index (χ2v) is 8.94. The van der Waals surface area contributed by atoms with Gasteiger partial charge in [0, 0.05) is 12.1 Å². The lowest BCUT2D eigenvalue weighted by atomic mass is 9.77. The fourth-order valence-electron chi connectivity index (χ4n) is 3.90. The highest BCUT2D eigenvalue weighted by atomic mass is 35.5. The first-order chi connectivity index (χ1) is 9.78. The summed E-state index contributed by atoms with van der Waals surface area (Å²) in [6, 6.07) is 6.03. The molecule has 3 heteroatoms. The largest absolute Gasteiger partial charge is 0.312 e. The smallest absolute Gasteiger partial charge is 0.0624 e. The lowest BCUT2D eigenvalue weighted by molar-refractivity contribution is 0.222. The van der Waals surface area contributed by atoms with Gasteiger partial charge in [0.25, 0.3) is 0 Å². The summed E-state index contributed by atoms with van der Waals surface area (Å²) in [6.07, 6.45) is 5.16. The summed E-state index contributed by atoms with van der Waals surface area (Å²) in [4.78, 5) is 0. The highest BCUT2D eigenvalue weighted by Crippen LogP contribution is 2.61. The Morgan fingerprint density at radius 3 is 2.48 bits per heavy atom. The molecule has 1 aromatic rings. The Bertz CT molecular complexity index is 523.